The first kappa shape index (κ1) is 6.83. The van der Waals surface area contributed by atoms with Crippen LogP contribution in [0.5, 0.6) is 0 Å². The van der Waals surface area contributed by atoms with E-state index >= 15 is 0 Å². The van der Waals surface area contributed by atoms with Crippen LogP contribution in [0.15, 0.2) is 17.2 Å². The van der Waals surface area contributed by atoms with Crippen LogP contribution in [0, 0.1) is 5.82 Å². The summed E-state index contributed by atoms with van der Waals surface area (Å²) in [5.74, 6) is -0.538. The zero-order valence-electron chi connectivity index (χ0n) is 4.31. The normalized spacial score (nSPS) is 9.67. The molecule has 1 aromatic rings. The fourth-order valence-corrected chi connectivity index (χ4v) is 0.686. The van der Waals surface area contributed by atoms with Crippen molar-refractivity contribution >= 4 is 24.2 Å². The minimum Gasteiger partial charge on any atom is -0.240 e. The Hall–Kier alpha value is -0.280. The second-order valence-electron chi connectivity index (χ2n) is 1.47. The van der Waals surface area contributed by atoms with Gasteiger partial charge in [-0.3, -0.25) is 0 Å². The van der Waals surface area contributed by atoms with Crippen LogP contribution in [0.3, 0.4) is 0 Å². The monoisotopic (exact) mass is 163 g/mol. The molecule has 4 heteroatoms. The van der Waals surface area contributed by atoms with Gasteiger partial charge < -0.3 is 0 Å². The molecule has 1 rings (SSSR count). The lowest BCUT2D eigenvalue weighted by molar-refractivity contribution is 0.617. The van der Waals surface area contributed by atoms with Gasteiger partial charge in [-0.25, -0.2) is 9.37 Å². The highest BCUT2D eigenvalue weighted by Crippen LogP contribution is 2.13. The number of nitrogens with zero attached hydrogens (tertiary/aromatic N) is 1. The van der Waals surface area contributed by atoms with Crippen LogP contribution in [-0.2, 0) is 0 Å². The van der Waals surface area contributed by atoms with Crippen LogP contribution in [0.25, 0.3) is 0 Å². The summed E-state index contributed by atoms with van der Waals surface area (Å²) in [6, 6.07) is 1.21. The lowest BCUT2D eigenvalue weighted by Crippen LogP contribution is -1.80. The highest BCUT2D eigenvalue weighted by atomic mass is 35.5. The van der Waals surface area contributed by atoms with Crippen LogP contribution >= 0.6 is 24.2 Å². The highest BCUT2D eigenvalue weighted by molar-refractivity contribution is 7.80. The summed E-state index contributed by atoms with van der Waals surface area (Å²) in [4.78, 5) is 3.96. The molecule has 0 N–H and O–H groups in total. The molecule has 0 aliphatic heterocycles. The number of thiol groups is 1. The first-order valence-corrected chi connectivity index (χ1v) is 3.02. The van der Waals surface area contributed by atoms with Crippen molar-refractivity contribution in [3.63, 3.8) is 0 Å². The first-order valence-electron chi connectivity index (χ1n) is 2.20. The highest BCUT2D eigenvalue weighted by Gasteiger charge is 1.97. The Balaban J connectivity index is 3.17. The summed E-state index contributed by atoms with van der Waals surface area (Å²) in [6.07, 6.45) is 1.38. The molecule has 0 amide bonds. The van der Waals surface area contributed by atoms with Gasteiger partial charge in [-0.05, 0) is 6.07 Å². The molecule has 0 bridgehead atoms. The molecule has 0 saturated heterocycles. The number of halogens is 2. The second-order valence-corrected chi connectivity index (χ2v) is 2.34. The Morgan fingerprint density at radius 2 is 2.33 bits per heavy atom. The van der Waals surface area contributed by atoms with Crippen LogP contribution in [-0.4, -0.2) is 4.98 Å². The molecule has 0 spiro atoms. The summed E-state index contributed by atoms with van der Waals surface area (Å²) in [6.45, 7) is 0. The van der Waals surface area contributed by atoms with E-state index in [0.717, 1.165) is 0 Å². The van der Waals surface area contributed by atoms with Crippen LogP contribution in [0.1, 0.15) is 0 Å². The molecule has 0 aliphatic carbocycles. The zero-order valence-corrected chi connectivity index (χ0v) is 5.96. The number of pyridine rings is 1. The lowest BCUT2D eigenvalue weighted by atomic mass is 10.5. The van der Waals surface area contributed by atoms with Crippen molar-refractivity contribution in [1.29, 1.82) is 0 Å². The molecule has 0 aromatic carbocycles. The average Bonchev–Trinajstić information content (AvgIpc) is 1.80. The summed E-state index contributed by atoms with van der Waals surface area (Å²) < 4.78 is 12.3. The molecule has 9 heavy (non-hydrogen) atoms. The maximum absolute atomic E-state index is 12.3. The summed E-state index contributed by atoms with van der Waals surface area (Å²) in [5.41, 5.74) is 0. The minimum atomic E-state index is -0.538. The predicted molar refractivity (Wildman–Crippen MR) is 36.5 cm³/mol. The number of aromatic nitrogens is 1. The standard InChI is InChI=1S/C5H3ClFNS/c6-5-4(7)1-3(9)2-8-5/h1-2,9H. The first-order chi connectivity index (χ1) is 4.20. The molecule has 1 heterocycles. The van der Waals surface area contributed by atoms with Gasteiger partial charge in [0, 0.05) is 11.1 Å². The van der Waals surface area contributed by atoms with E-state index in [1.807, 2.05) is 0 Å². The average molecular weight is 164 g/mol. The van der Waals surface area contributed by atoms with E-state index in [0.29, 0.717) is 4.90 Å². The Labute approximate surface area is 62.3 Å². The molecule has 0 radical (unpaired) electrons. The number of rotatable bonds is 0. The third-order valence-electron chi connectivity index (χ3n) is 0.782. The summed E-state index contributed by atoms with van der Waals surface area (Å²) in [7, 11) is 0. The van der Waals surface area contributed by atoms with Crippen LogP contribution in [0.4, 0.5) is 4.39 Å². The van der Waals surface area contributed by atoms with E-state index in [1.165, 1.54) is 12.3 Å². The molecule has 0 aliphatic rings. The van der Waals surface area contributed by atoms with Gasteiger partial charge in [-0.15, -0.1) is 12.6 Å². The van der Waals surface area contributed by atoms with Gasteiger partial charge in [-0.2, -0.15) is 0 Å². The minimum absolute atomic E-state index is 0.118. The Bertz CT molecular complexity index is 228. The van der Waals surface area contributed by atoms with Crippen molar-refractivity contribution in [3.05, 3.63) is 23.2 Å². The third kappa shape index (κ3) is 1.56. The van der Waals surface area contributed by atoms with Gasteiger partial charge in [0.15, 0.2) is 11.0 Å². The molecule has 0 saturated carbocycles. The van der Waals surface area contributed by atoms with E-state index < -0.39 is 5.82 Å². The van der Waals surface area contributed by atoms with Crippen LogP contribution in [0.2, 0.25) is 5.15 Å². The van der Waals surface area contributed by atoms with Crippen molar-refractivity contribution in [3.8, 4) is 0 Å². The smallest absolute Gasteiger partial charge is 0.164 e. The van der Waals surface area contributed by atoms with Crippen molar-refractivity contribution in [2.24, 2.45) is 0 Å². The second kappa shape index (κ2) is 2.54. The van der Waals surface area contributed by atoms with E-state index in [9.17, 15) is 4.39 Å². The van der Waals surface area contributed by atoms with Gasteiger partial charge in [0.2, 0.25) is 0 Å². The van der Waals surface area contributed by atoms with Gasteiger partial charge >= 0.3 is 0 Å². The van der Waals surface area contributed by atoms with Gasteiger partial charge in [-0.1, -0.05) is 11.6 Å². The molecule has 1 nitrogen and oxygen atoms in total. The van der Waals surface area contributed by atoms with Crippen LogP contribution < -0.4 is 0 Å². The zero-order chi connectivity index (χ0) is 6.85. The van der Waals surface area contributed by atoms with Crippen molar-refractivity contribution in [1.82, 2.24) is 4.98 Å². The Kier molecular flexibility index (Phi) is 1.93. The molecule has 48 valence electrons. The van der Waals surface area contributed by atoms with Gasteiger partial charge in [0.25, 0.3) is 0 Å². The fraction of sp³-hybridized carbons (Fsp3) is 0. The molecule has 0 atom stereocenters. The largest absolute Gasteiger partial charge is 0.240 e. The molecular weight excluding hydrogens is 161 g/mol. The van der Waals surface area contributed by atoms with E-state index in [1.54, 1.807) is 0 Å². The summed E-state index contributed by atoms with van der Waals surface area (Å²) >= 11 is 9.10. The predicted octanol–water partition coefficient (Wildman–Crippen LogP) is 2.16. The van der Waals surface area contributed by atoms with Gasteiger partial charge in [0.05, 0.1) is 0 Å². The van der Waals surface area contributed by atoms with Crippen molar-refractivity contribution in [2.45, 2.75) is 4.90 Å². The summed E-state index contributed by atoms with van der Waals surface area (Å²) in [5, 5.41) is -0.118. The van der Waals surface area contributed by atoms with Crippen molar-refractivity contribution in [2.75, 3.05) is 0 Å². The molecule has 0 fully saturated rings. The number of hydrogen-bond donors (Lipinski definition) is 1. The topological polar surface area (TPSA) is 12.9 Å². The SMILES string of the molecule is Fc1cc(S)cnc1Cl. The van der Waals surface area contributed by atoms with Gasteiger partial charge in [0.1, 0.15) is 0 Å². The fourth-order valence-electron chi connectivity index (χ4n) is 0.411. The third-order valence-corrected chi connectivity index (χ3v) is 1.30. The van der Waals surface area contributed by atoms with E-state index in [-0.39, 0.29) is 5.15 Å². The van der Waals surface area contributed by atoms with E-state index in [4.69, 9.17) is 11.6 Å². The van der Waals surface area contributed by atoms with E-state index in [2.05, 4.69) is 17.6 Å². The maximum Gasteiger partial charge on any atom is 0.164 e. The maximum atomic E-state index is 12.3. The Morgan fingerprint density at radius 3 is 2.78 bits per heavy atom. The molecule has 1 aromatic heterocycles. The molecular formula is C5H3ClFNS. The van der Waals surface area contributed by atoms with Crippen molar-refractivity contribution < 1.29 is 4.39 Å². The molecule has 0 unspecified atom stereocenters. The number of hydrogen-bond acceptors (Lipinski definition) is 2. The quantitative estimate of drug-likeness (QED) is 0.457. The lowest BCUT2D eigenvalue weighted by Gasteiger charge is -1.91. The Morgan fingerprint density at radius 1 is 1.67 bits per heavy atom.